The molecule has 2 aromatic carbocycles. The number of nitriles is 1. The molecule has 0 fully saturated rings. The summed E-state index contributed by atoms with van der Waals surface area (Å²) in [5.74, 6) is 0. The number of pyridine rings is 1. The molecule has 1 unspecified atom stereocenters. The van der Waals surface area contributed by atoms with E-state index in [2.05, 4.69) is 20.6 Å². The summed E-state index contributed by atoms with van der Waals surface area (Å²) in [5.41, 5.74) is 11.5. The lowest BCUT2D eigenvalue weighted by atomic mass is 10.00. The average Bonchev–Trinajstić information content (AvgIpc) is 3.27. The van der Waals surface area contributed by atoms with E-state index in [1.807, 2.05) is 60.8 Å². The van der Waals surface area contributed by atoms with Crippen LogP contribution in [-0.4, -0.2) is 26.2 Å². The molecule has 2 aromatic heterocycles. The molecule has 4 rings (SSSR count). The van der Waals surface area contributed by atoms with Crippen molar-refractivity contribution in [1.29, 1.82) is 5.26 Å². The molecule has 6 heteroatoms. The Morgan fingerprint density at radius 2 is 1.90 bits per heavy atom. The minimum absolute atomic E-state index is 0.145. The maximum absolute atomic E-state index is 9.91. The molecule has 3 N–H and O–H groups in total. The van der Waals surface area contributed by atoms with Gasteiger partial charge in [-0.25, -0.2) is 4.98 Å². The Balaban J connectivity index is 1.73. The Morgan fingerprint density at radius 3 is 2.60 bits per heavy atom. The summed E-state index contributed by atoms with van der Waals surface area (Å²) in [4.78, 5) is 8.84. The molecule has 6 nitrogen and oxygen atoms in total. The first-order chi connectivity index (χ1) is 14.7. The molecule has 0 aliphatic rings. The van der Waals surface area contributed by atoms with Crippen molar-refractivity contribution < 1.29 is 5.11 Å². The lowest BCUT2D eigenvalue weighted by Crippen LogP contribution is -2.11. The molecule has 30 heavy (non-hydrogen) atoms. The molecule has 1 atom stereocenters. The van der Waals surface area contributed by atoms with Gasteiger partial charge in [-0.2, -0.15) is 5.26 Å². The van der Waals surface area contributed by atoms with E-state index in [4.69, 9.17) is 5.73 Å². The molecule has 4 aromatic rings. The summed E-state index contributed by atoms with van der Waals surface area (Å²) in [6.07, 6.45) is 4.54. The summed E-state index contributed by atoms with van der Waals surface area (Å²) < 4.78 is 2.06. The van der Waals surface area contributed by atoms with Crippen LogP contribution in [0.25, 0.3) is 22.5 Å². The van der Waals surface area contributed by atoms with Crippen LogP contribution in [-0.2, 0) is 6.54 Å². The van der Waals surface area contributed by atoms with Crippen LogP contribution < -0.4 is 5.73 Å². The molecule has 0 aliphatic carbocycles. The highest BCUT2D eigenvalue weighted by Crippen LogP contribution is 2.27. The summed E-state index contributed by atoms with van der Waals surface area (Å²) in [6.45, 7) is 0.690. The smallest absolute Gasteiger partial charge is 0.0991 e. The number of benzene rings is 2. The normalized spacial score (nSPS) is 11.8. The van der Waals surface area contributed by atoms with E-state index in [9.17, 15) is 10.4 Å². The number of nitrogens with zero attached hydrogens (tertiary/aromatic N) is 4. The van der Waals surface area contributed by atoms with Crippen LogP contribution in [0, 0.1) is 11.3 Å². The largest absolute Gasteiger partial charge is 0.387 e. The quantitative estimate of drug-likeness (QED) is 0.520. The van der Waals surface area contributed by atoms with E-state index >= 15 is 0 Å². The third-order valence-electron chi connectivity index (χ3n) is 5.03. The van der Waals surface area contributed by atoms with Crippen molar-refractivity contribution in [2.24, 2.45) is 5.73 Å². The fraction of sp³-hybridized carbons (Fsp3) is 0.125. The number of rotatable bonds is 6. The van der Waals surface area contributed by atoms with Gasteiger partial charge in [0.1, 0.15) is 0 Å². The van der Waals surface area contributed by atoms with Crippen molar-refractivity contribution in [3.63, 3.8) is 0 Å². The molecular weight excluding hydrogens is 374 g/mol. The first-order valence-corrected chi connectivity index (χ1v) is 9.62. The number of nitrogens with two attached hydrogens (primary N) is 1. The molecule has 0 bridgehead atoms. The Kier molecular flexibility index (Phi) is 5.66. The second-order valence-electron chi connectivity index (χ2n) is 6.98. The Hall–Kier alpha value is -3.79. The van der Waals surface area contributed by atoms with Gasteiger partial charge in [-0.05, 0) is 29.3 Å². The highest BCUT2D eigenvalue weighted by Gasteiger charge is 2.13. The number of hydrogen-bond donors (Lipinski definition) is 2. The van der Waals surface area contributed by atoms with Gasteiger partial charge in [-0.1, -0.05) is 42.5 Å². The van der Waals surface area contributed by atoms with Gasteiger partial charge >= 0.3 is 0 Å². The maximum atomic E-state index is 9.91. The Morgan fingerprint density at radius 1 is 1.07 bits per heavy atom. The zero-order chi connectivity index (χ0) is 20.9. The van der Waals surface area contributed by atoms with Crippen molar-refractivity contribution in [2.75, 3.05) is 6.54 Å². The molecule has 148 valence electrons. The highest BCUT2D eigenvalue weighted by atomic mass is 16.3. The van der Waals surface area contributed by atoms with Crippen LogP contribution in [0.1, 0.15) is 22.8 Å². The van der Waals surface area contributed by atoms with Crippen molar-refractivity contribution in [3.05, 3.63) is 96.1 Å². The second-order valence-corrected chi connectivity index (χ2v) is 6.98. The number of hydrogen-bond acceptors (Lipinski definition) is 5. The minimum Gasteiger partial charge on any atom is -0.387 e. The third kappa shape index (κ3) is 3.98. The standard InChI is InChI=1S/C24H21N5O/c25-11-17-6-8-21(22-9-7-19(13-28-22)24(30)12-26)20(10-17)15-29-16-27-14-23(29)18-4-2-1-3-5-18/h1-10,13-14,16,24,30H,12,15,26H2. The van der Waals surface area contributed by atoms with Crippen LogP contribution in [0.2, 0.25) is 0 Å². The minimum atomic E-state index is -0.730. The number of aliphatic hydroxyl groups excluding tert-OH is 1. The summed E-state index contributed by atoms with van der Waals surface area (Å²) in [6, 6.07) is 21.5. The topological polar surface area (TPSA) is 101 Å². The van der Waals surface area contributed by atoms with Crippen molar-refractivity contribution in [1.82, 2.24) is 14.5 Å². The van der Waals surface area contributed by atoms with E-state index in [0.717, 1.165) is 28.1 Å². The number of aliphatic hydroxyl groups is 1. The van der Waals surface area contributed by atoms with E-state index in [1.54, 1.807) is 18.6 Å². The molecule has 0 saturated heterocycles. The van der Waals surface area contributed by atoms with Gasteiger partial charge in [0.25, 0.3) is 0 Å². The Labute approximate surface area is 174 Å². The molecule has 0 amide bonds. The summed E-state index contributed by atoms with van der Waals surface area (Å²) >= 11 is 0. The van der Waals surface area contributed by atoms with Gasteiger partial charge in [0.05, 0.1) is 41.6 Å². The van der Waals surface area contributed by atoms with Gasteiger partial charge < -0.3 is 15.4 Å². The van der Waals surface area contributed by atoms with E-state index < -0.39 is 6.10 Å². The van der Waals surface area contributed by atoms with E-state index in [0.29, 0.717) is 17.7 Å². The van der Waals surface area contributed by atoms with Gasteiger partial charge in [0.2, 0.25) is 0 Å². The monoisotopic (exact) mass is 395 g/mol. The fourth-order valence-corrected chi connectivity index (χ4v) is 3.42. The van der Waals surface area contributed by atoms with Crippen LogP contribution in [0.5, 0.6) is 0 Å². The van der Waals surface area contributed by atoms with E-state index in [1.165, 1.54) is 0 Å². The maximum Gasteiger partial charge on any atom is 0.0991 e. The first-order valence-electron chi connectivity index (χ1n) is 9.62. The zero-order valence-electron chi connectivity index (χ0n) is 16.3. The fourth-order valence-electron chi connectivity index (χ4n) is 3.42. The van der Waals surface area contributed by atoms with Gasteiger partial charge in [-0.3, -0.25) is 4.98 Å². The van der Waals surface area contributed by atoms with Crippen LogP contribution in [0.3, 0.4) is 0 Å². The van der Waals surface area contributed by atoms with Gasteiger partial charge in [0, 0.05) is 30.4 Å². The molecular formula is C24H21N5O. The van der Waals surface area contributed by atoms with Crippen LogP contribution in [0.4, 0.5) is 0 Å². The SMILES string of the molecule is N#Cc1ccc(-c2ccc(C(O)CN)cn2)c(Cn2cncc2-c2ccccc2)c1. The highest BCUT2D eigenvalue weighted by molar-refractivity contribution is 5.66. The van der Waals surface area contributed by atoms with Crippen molar-refractivity contribution in [2.45, 2.75) is 12.6 Å². The van der Waals surface area contributed by atoms with Crippen LogP contribution in [0.15, 0.2) is 79.4 Å². The third-order valence-corrected chi connectivity index (χ3v) is 5.03. The van der Waals surface area contributed by atoms with Crippen LogP contribution >= 0.6 is 0 Å². The predicted octanol–water partition coefficient (Wildman–Crippen LogP) is 3.52. The number of imidazole rings is 1. The lowest BCUT2D eigenvalue weighted by Gasteiger charge is -2.14. The average molecular weight is 395 g/mol. The number of aromatic nitrogens is 3. The summed E-state index contributed by atoms with van der Waals surface area (Å²) in [7, 11) is 0. The van der Waals surface area contributed by atoms with Gasteiger partial charge in [0.15, 0.2) is 0 Å². The molecule has 0 radical (unpaired) electrons. The molecule has 0 saturated carbocycles. The molecule has 0 spiro atoms. The predicted molar refractivity (Wildman–Crippen MR) is 115 cm³/mol. The first kappa shape index (κ1) is 19.5. The van der Waals surface area contributed by atoms with Gasteiger partial charge in [-0.15, -0.1) is 0 Å². The zero-order valence-corrected chi connectivity index (χ0v) is 16.3. The van der Waals surface area contributed by atoms with E-state index in [-0.39, 0.29) is 6.54 Å². The molecule has 2 heterocycles. The molecule has 0 aliphatic heterocycles. The Bertz CT molecular complexity index is 1180. The lowest BCUT2D eigenvalue weighted by molar-refractivity contribution is 0.186. The van der Waals surface area contributed by atoms with Crippen molar-refractivity contribution in [3.8, 4) is 28.6 Å². The second kappa shape index (κ2) is 8.70. The summed E-state index contributed by atoms with van der Waals surface area (Å²) in [5, 5.41) is 19.3. The van der Waals surface area contributed by atoms with Crippen molar-refractivity contribution >= 4 is 0 Å².